The van der Waals surface area contributed by atoms with Crippen LogP contribution < -0.4 is 26.6 Å². The lowest BCUT2D eigenvalue weighted by atomic mass is 10.1. The molecule has 0 radical (unpaired) electrons. The standard InChI is InChI=1S/C22H30N6O6/c29-19(18-12-16(28-34-18)8-4-9-23-21-24-10-5-11-25-21)26-13-17(20(30)31)27-22(32)33-14-15-6-2-1-3-7-15/h1-3,5-7,10,17-18,21,23-25H,4,8-9,11-14H2,(H,26,29)(H,27,32)(H,30,31). The number of nitrogens with zero attached hydrogens (tertiary/aromatic N) is 1. The van der Waals surface area contributed by atoms with E-state index in [2.05, 4.69) is 31.7 Å². The Bertz CT molecular complexity index is 893. The normalized spacial score (nSPS) is 19.8. The fourth-order valence-electron chi connectivity index (χ4n) is 3.28. The lowest BCUT2D eigenvalue weighted by molar-refractivity contribution is -0.139. The number of carbonyl (C=O) groups excluding carboxylic acids is 2. The molecular weight excluding hydrogens is 444 g/mol. The molecule has 0 fully saturated rings. The van der Waals surface area contributed by atoms with Crippen LogP contribution in [0.4, 0.5) is 4.79 Å². The van der Waals surface area contributed by atoms with E-state index in [1.54, 1.807) is 24.3 Å². The minimum absolute atomic E-state index is 0.00164. The molecule has 0 aromatic heterocycles. The average Bonchev–Trinajstić information content (AvgIpc) is 3.33. The zero-order valence-corrected chi connectivity index (χ0v) is 18.7. The van der Waals surface area contributed by atoms with Gasteiger partial charge in [-0.1, -0.05) is 41.6 Å². The zero-order chi connectivity index (χ0) is 24.2. The smallest absolute Gasteiger partial charge is 0.408 e. The van der Waals surface area contributed by atoms with Crippen LogP contribution in [0, 0.1) is 0 Å². The van der Waals surface area contributed by atoms with Gasteiger partial charge in [0.15, 0.2) is 0 Å². The number of rotatable bonds is 12. The number of oxime groups is 1. The minimum atomic E-state index is -1.35. The molecule has 12 heteroatoms. The molecule has 3 atom stereocenters. The van der Waals surface area contributed by atoms with E-state index in [9.17, 15) is 19.5 Å². The Morgan fingerprint density at radius 2 is 2.09 bits per heavy atom. The van der Waals surface area contributed by atoms with Crippen molar-refractivity contribution in [2.45, 2.75) is 44.3 Å². The molecule has 0 bridgehead atoms. The Hall–Kier alpha value is -3.64. The third-order valence-electron chi connectivity index (χ3n) is 5.12. The van der Waals surface area contributed by atoms with E-state index in [0.717, 1.165) is 30.8 Å². The number of aliphatic carboxylic acids is 1. The Kier molecular flexibility index (Phi) is 9.67. The highest BCUT2D eigenvalue weighted by molar-refractivity contribution is 5.93. The van der Waals surface area contributed by atoms with E-state index in [4.69, 9.17) is 9.57 Å². The summed E-state index contributed by atoms with van der Waals surface area (Å²) in [5.74, 6) is -1.80. The fourth-order valence-corrected chi connectivity index (χ4v) is 3.28. The van der Waals surface area contributed by atoms with Crippen molar-refractivity contribution < 1.29 is 29.1 Å². The molecule has 34 heavy (non-hydrogen) atoms. The third kappa shape index (κ3) is 8.37. The van der Waals surface area contributed by atoms with Gasteiger partial charge in [0.05, 0.1) is 5.71 Å². The summed E-state index contributed by atoms with van der Waals surface area (Å²) in [6.45, 7) is 1.24. The van der Waals surface area contributed by atoms with Gasteiger partial charge < -0.3 is 30.6 Å². The van der Waals surface area contributed by atoms with Gasteiger partial charge in [0, 0.05) is 19.5 Å². The van der Waals surface area contributed by atoms with Crippen molar-refractivity contribution in [3.8, 4) is 0 Å². The van der Waals surface area contributed by atoms with Crippen molar-refractivity contribution in [2.24, 2.45) is 5.16 Å². The number of carbonyl (C=O) groups is 3. The molecule has 3 rings (SSSR count). The van der Waals surface area contributed by atoms with Crippen molar-refractivity contribution in [1.29, 1.82) is 0 Å². The second-order valence-corrected chi connectivity index (χ2v) is 7.77. The van der Waals surface area contributed by atoms with Gasteiger partial charge in [-0.25, -0.2) is 9.59 Å². The third-order valence-corrected chi connectivity index (χ3v) is 5.12. The lowest BCUT2D eigenvalue weighted by Crippen LogP contribution is -2.53. The molecule has 0 saturated carbocycles. The van der Waals surface area contributed by atoms with E-state index < -0.39 is 30.1 Å². The van der Waals surface area contributed by atoms with Crippen LogP contribution in [0.25, 0.3) is 0 Å². The molecule has 2 aliphatic rings. The number of carboxylic acids is 1. The second-order valence-electron chi connectivity index (χ2n) is 7.77. The van der Waals surface area contributed by atoms with Gasteiger partial charge in [0.1, 0.15) is 18.9 Å². The van der Waals surface area contributed by atoms with E-state index in [1.165, 1.54) is 0 Å². The van der Waals surface area contributed by atoms with Crippen LogP contribution in [0.2, 0.25) is 0 Å². The Labute approximate surface area is 197 Å². The zero-order valence-electron chi connectivity index (χ0n) is 18.7. The first kappa shape index (κ1) is 25.0. The van der Waals surface area contributed by atoms with Crippen molar-refractivity contribution in [3.05, 3.63) is 48.2 Å². The van der Waals surface area contributed by atoms with Crippen molar-refractivity contribution in [1.82, 2.24) is 26.6 Å². The van der Waals surface area contributed by atoms with Gasteiger partial charge in [-0.05, 0) is 31.1 Å². The predicted molar refractivity (Wildman–Crippen MR) is 122 cm³/mol. The first-order chi connectivity index (χ1) is 16.5. The summed E-state index contributed by atoms with van der Waals surface area (Å²) >= 11 is 0. The Morgan fingerprint density at radius 1 is 1.26 bits per heavy atom. The van der Waals surface area contributed by atoms with Crippen molar-refractivity contribution >= 4 is 23.7 Å². The quantitative estimate of drug-likeness (QED) is 0.229. The number of benzene rings is 1. The fraction of sp³-hybridized carbons (Fsp3) is 0.455. The molecule has 0 spiro atoms. The molecule has 2 heterocycles. The first-order valence-corrected chi connectivity index (χ1v) is 11.1. The highest BCUT2D eigenvalue weighted by atomic mass is 16.6. The molecule has 184 valence electrons. The highest BCUT2D eigenvalue weighted by Crippen LogP contribution is 2.14. The number of ether oxygens (including phenoxy) is 1. The van der Waals surface area contributed by atoms with E-state index in [-0.39, 0.29) is 19.4 Å². The number of carboxylic acid groups (broad SMARTS) is 1. The number of amides is 2. The summed E-state index contributed by atoms with van der Waals surface area (Å²) in [7, 11) is 0. The van der Waals surface area contributed by atoms with Crippen LogP contribution in [0.3, 0.4) is 0 Å². The summed E-state index contributed by atoms with van der Waals surface area (Å²) in [6, 6.07) is 7.63. The summed E-state index contributed by atoms with van der Waals surface area (Å²) in [4.78, 5) is 41.0. The average molecular weight is 475 g/mol. The Morgan fingerprint density at radius 3 is 2.82 bits per heavy atom. The van der Waals surface area contributed by atoms with Crippen LogP contribution >= 0.6 is 0 Å². The first-order valence-electron chi connectivity index (χ1n) is 11.1. The molecule has 0 aliphatic carbocycles. The molecule has 1 aromatic rings. The minimum Gasteiger partial charge on any atom is -0.480 e. The number of hydrogen-bond donors (Lipinski definition) is 6. The van der Waals surface area contributed by atoms with Gasteiger partial charge in [0.2, 0.25) is 6.10 Å². The highest BCUT2D eigenvalue weighted by Gasteiger charge is 2.29. The number of hydrogen-bond acceptors (Lipinski definition) is 9. The topological polar surface area (TPSA) is 162 Å². The lowest BCUT2D eigenvalue weighted by Gasteiger charge is -2.22. The van der Waals surface area contributed by atoms with Crippen LogP contribution in [0.15, 0.2) is 47.8 Å². The van der Waals surface area contributed by atoms with Crippen LogP contribution in [0.5, 0.6) is 0 Å². The summed E-state index contributed by atoms with van der Waals surface area (Å²) in [5, 5.41) is 27.7. The van der Waals surface area contributed by atoms with Crippen LogP contribution in [-0.4, -0.2) is 66.9 Å². The molecule has 2 aliphatic heterocycles. The molecule has 6 N–H and O–H groups in total. The summed E-state index contributed by atoms with van der Waals surface area (Å²) in [6.07, 6.45) is 4.01. The summed E-state index contributed by atoms with van der Waals surface area (Å²) < 4.78 is 5.03. The SMILES string of the molecule is O=C(NC(CNC(=O)C1CC(CCCNC2NC=CCN2)=NO1)C(=O)O)OCc1ccccc1. The largest absolute Gasteiger partial charge is 0.480 e. The maximum Gasteiger partial charge on any atom is 0.408 e. The Balaban J connectivity index is 1.31. The molecule has 1 aromatic carbocycles. The van der Waals surface area contributed by atoms with Gasteiger partial charge in [-0.15, -0.1) is 0 Å². The molecule has 3 unspecified atom stereocenters. The maximum absolute atomic E-state index is 12.4. The molecule has 12 nitrogen and oxygen atoms in total. The number of nitrogens with one attached hydrogen (secondary N) is 5. The summed E-state index contributed by atoms with van der Waals surface area (Å²) in [5.41, 5.74) is 1.53. The maximum atomic E-state index is 12.4. The van der Waals surface area contributed by atoms with Crippen LogP contribution in [-0.2, 0) is 25.8 Å². The van der Waals surface area contributed by atoms with Gasteiger partial charge >= 0.3 is 12.1 Å². The van der Waals surface area contributed by atoms with Gasteiger partial charge in [-0.2, -0.15) is 0 Å². The molecule has 0 saturated heterocycles. The van der Waals surface area contributed by atoms with E-state index >= 15 is 0 Å². The number of alkyl carbamates (subject to hydrolysis) is 1. The van der Waals surface area contributed by atoms with Gasteiger partial charge in [-0.3, -0.25) is 15.4 Å². The van der Waals surface area contributed by atoms with E-state index in [1.807, 2.05) is 18.3 Å². The van der Waals surface area contributed by atoms with Crippen molar-refractivity contribution in [2.75, 3.05) is 19.6 Å². The molecular formula is C22H30N6O6. The van der Waals surface area contributed by atoms with E-state index in [0.29, 0.717) is 12.8 Å². The second kappa shape index (κ2) is 13.2. The predicted octanol–water partition coefficient (Wildman–Crippen LogP) is -0.0130. The van der Waals surface area contributed by atoms with Gasteiger partial charge in [0.25, 0.3) is 5.91 Å². The monoisotopic (exact) mass is 474 g/mol. The van der Waals surface area contributed by atoms with Crippen molar-refractivity contribution in [3.63, 3.8) is 0 Å². The molecule has 2 amide bonds. The van der Waals surface area contributed by atoms with Crippen LogP contribution in [0.1, 0.15) is 24.8 Å².